The minimum atomic E-state index is -1.07. The van der Waals surface area contributed by atoms with Gasteiger partial charge in [0.05, 0.1) is 0 Å². The van der Waals surface area contributed by atoms with Crippen LogP contribution in [0.4, 0.5) is 0 Å². The summed E-state index contributed by atoms with van der Waals surface area (Å²) in [4.78, 5) is 37.7. The Hall–Kier alpha value is -2.11. The molecule has 22 heavy (non-hydrogen) atoms. The van der Waals surface area contributed by atoms with Crippen molar-refractivity contribution in [1.82, 2.24) is 10.3 Å². The lowest BCUT2D eigenvalue weighted by Gasteiger charge is -2.16. The molecule has 1 rings (SSSR count). The van der Waals surface area contributed by atoms with Crippen LogP contribution in [0.3, 0.4) is 0 Å². The van der Waals surface area contributed by atoms with Gasteiger partial charge in [0.1, 0.15) is 6.04 Å². The quantitative estimate of drug-likeness (QED) is 0.715. The molecular formula is C16H24N2O4. The Morgan fingerprint density at radius 1 is 1.18 bits per heavy atom. The van der Waals surface area contributed by atoms with Crippen LogP contribution in [0, 0.1) is 11.8 Å². The van der Waals surface area contributed by atoms with Crippen molar-refractivity contribution in [1.29, 1.82) is 0 Å². The standard InChI is InChI=1S/C16H24N2O4/c1-9(2)5-12-7-11(8-14(19)17-12)15(20)18-13(16(21)22)6-10(3)4/h7-10,13H,5-6H2,1-4H3,(H,17,19)(H,18,20)(H,21,22)/t13-/m0/s1. The third kappa shape index (κ3) is 5.71. The average molecular weight is 308 g/mol. The summed E-state index contributed by atoms with van der Waals surface area (Å²) in [5.41, 5.74) is 0.497. The number of nitrogens with one attached hydrogen (secondary N) is 2. The first-order valence-corrected chi connectivity index (χ1v) is 7.46. The molecule has 1 atom stereocenters. The predicted octanol–water partition coefficient (Wildman–Crippen LogP) is 1.80. The summed E-state index contributed by atoms with van der Waals surface area (Å²) in [5, 5.41) is 11.6. The number of carbonyl (C=O) groups is 2. The van der Waals surface area contributed by atoms with Gasteiger partial charge in [-0.25, -0.2) is 4.79 Å². The number of hydrogen-bond acceptors (Lipinski definition) is 3. The highest BCUT2D eigenvalue weighted by molar-refractivity contribution is 5.96. The van der Waals surface area contributed by atoms with E-state index in [9.17, 15) is 14.4 Å². The molecule has 6 heteroatoms. The molecule has 0 fully saturated rings. The summed E-state index contributed by atoms with van der Waals surface area (Å²) in [6.07, 6.45) is 0.980. The molecule has 0 saturated carbocycles. The van der Waals surface area contributed by atoms with Crippen LogP contribution in [0.2, 0.25) is 0 Å². The number of hydrogen-bond donors (Lipinski definition) is 3. The second-order valence-corrected chi connectivity index (χ2v) is 6.35. The molecule has 0 aliphatic carbocycles. The van der Waals surface area contributed by atoms with E-state index in [2.05, 4.69) is 10.3 Å². The summed E-state index contributed by atoms with van der Waals surface area (Å²) in [5.74, 6) is -1.14. The molecule has 0 aliphatic rings. The van der Waals surface area contributed by atoms with Crippen molar-refractivity contribution in [3.8, 4) is 0 Å². The fourth-order valence-corrected chi connectivity index (χ4v) is 2.22. The van der Waals surface area contributed by atoms with Crippen LogP contribution in [0.15, 0.2) is 16.9 Å². The first-order chi connectivity index (χ1) is 10.2. The third-order valence-electron chi connectivity index (χ3n) is 3.10. The molecule has 1 aromatic rings. The Kier molecular flexibility index (Phi) is 6.34. The molecule has 0 bridgehead atoms. The highest BCUT2D eigenvalue weighted by Crippen LogP contribution is 2.09. The monoisotopic (exact) mass is 308 g/mol. The zero-order valence-corrected chi connectivity index (χ0v) is 13.5. The normalized spacial score (nSPS) is 12.5. The second-order valence-electron chi connectivity index (χ2n) is 6.35. The van der Waals surface area contributed by atoms with Crippen LogP contribution in [0.5, 0.6) is 0 Å². The Balaban J connectivity index is 2.94. The minimum absolute atomic E-state index is 0.136. The van der Waals surface area contributed by atoms with Crippen molar-refractivity contribution in [2.75, 3.05) is 0 Å². The first kappa shape index (κ1) is 17.9. The Morgan fingerprint density at radius 3 is 2.32 bits per heavy atom. The van der Waals surface area contributed by atoms with E-state index in [-0.39, 0.29) is 17.0 Å². The maximum Gasteiger partial charge on any atom is 0.326 e. The number of carbonyl (C=O) groups excluding carboxylic acids is 1. The van der Waals surface area contributed by atoms with E-state index in [0.29, 0.717) is 24.5 Å². The number of H-pyrrole nitrogens is 1. The van der Waals surface area contributed by atoms with Gasteiger partial charge >= 0.3 is 5.97 Å². The number of amides is 1. The predicted molar refractivity (Wildman–Crippen MR) is 83.9 cm³/mol. The maximum atomic E-state index is 12.2. The molecule has 1 amide bonds. The number of pyridine rings is 1. The smallest absolute Gasteiger partial charge is 0.326 e. The van der Waals surface area contributed by atoms with Gasteiger partial charge in [-0.1, -0.05) is 27.7 Å². The van der Waals surface area contributed by atoms with Gasteiger partial charge < -0.3 is 15.4 Å². The van der Waals surface area contributed by atoms with E-state index in [0.717, 1.165) is 0 Å². The average Bonchev–Trinajstić information content (AvgIpc) is 2.35. The van der Waals surface area contributed by atoms with E-state index in [1.165, 1.54) is 6.07 Å². The molecule has 0 aliphatic heterocycles. The fourth-order valence-electron chi connectivity index (χ4n) is 2.22. The zero-order chi connectivity index (χ0) is 16.9. The molecule has 0 radical (unpaired) electrons. The Morgan fingerprint density at radius 2 is 1.82 bits per heavy atom. The molecule has 1 aromatic heterocycles. The second kappa shape index (κ2) is 7.77. The molecule has 0 aromatic carbocycles. The molecule has 122 valence electrons. The van der Waals surface area contributed by atoms with Crippen molar-refractivity contribution in [2.24, 2.45) is 11.8 Å². The van der Waals surface area contributed by atoms with E-state index < -0.39 is 17.9 Å². The number of aromatic nitrogens is 1. The molecule has 6 nitrogen and oxygen atoms in total. The van der Waals surface area contributed by atoms with Crippen LogP contribution >= 0.6 is 0 Å². The molecule has 1 heterocycles. The molecular weight excluding hydrogens is 284 g/mol. The maximum absolute atomic E-state index is 12.2. The van der Waals surface area contributed by atoms with Gasteiger partial charge in [-0.15, -0.1) is 0 Å². The summed E-state index contributed by atoms with van der Waals surface area (Å²) >= 11 is 0. The van der Waals surface area contributed by atoms with Crippen LogP contribution in [-0.2, 0) is 11.2 Å². The van der Waals surface area contributed by atoms with E-state index in [1.54, 1.807) is 6.07 Å². The van der Waals surface area contributed by atoms with Crippen molar-refractivity contribution in [2.45, 2.75) is 46.6 Å². The minimum Gasteiger partial charge on any atom is -0.480 e. The number of rotatable bonds is 7. The zero-order valence-electron chi connectivity index (χ0n) is 13.5. The Bertz CT molecular complexity index is 590. The first-order valence-electron chi connectivity index (χ1n) is 7.46. The number of carboxylic acid groups (broad SMARTS) is 1. The number of carboxylic acids is 1. The molecule has 0 spiro atoms. The summed E-state index contributed by atoms with van der Waals surface area (Å²) in [7, 11) is 0. The van der Waals surface area contributed by atoms with Crippen LogP contribution < -0.4 is 10.9 Å². The largest absolute Gasteiger partial charge is 0.480 e. The van der Waals surface area contributed by atoms with Crippen molar-refractivity contribution in [3.05, 3.63) is 33.7 Å². The summed E-state index contributed by atoms with van der Waals surface area (Å²) in [6, 6.07) is 1.83. The van der Waals surface area contributed by atoms with Gasteiger partial charge in [0.15, 0.2) is 0 Å². The van der Waals surface area contributed by atoms with Gasteiger partial charge in [0.2, 0.25) is 5.56 Å². The van der Waals surface area contributed by atoms with Crippen molar-refractivity contribution < 1.29 is 14.7 Å². The van der Waals surface area contributed by atoms with E-state index in [1.807, 2.05) is 27.7 Å². The summed E-state index contributed by atoms with van der Waals surface area (Å²) in [6.45, 7) is 7.79. The fraction of sp³-hybridized carbons (Fsp3) is 0.562. The topological polar surface area (TPSA) is 99.3 Å². The Labute approximate surface area is 129 Å². The number of aromatic amines is 1. The molecule has 3 N–H and O–H groups in total. The van der Waals surface area contributed by atoms with Crippen LogP contribution in [0.25, 0.3) is 0 Å². The van der Waals surface area contributed by atoms with Crippen molar-refractivity contribution in [3.63, 3.8) is 0 Å². The SMILES string of the molecule is CC(C)Cc1cc(C(=O)N[C@@H](CC(C)C)C(=O)O)cc(=O)[nH]1. The summed E-state index contributed by atoms with van der Waals surface area (Å²) < 4.78 is 0. The van der Waals surface area contributed by atoms with Crippen molar-refractivity contribution >= 4 is 11.9 Å². The van der Waals surface area contributed by atoms with E-state index in [4.69, 9.17) is 5.11 Å². The van der Waals surface area contributed by atoms with Gasteiger partial charge in [0, 0.05) is 17.3 Å². The van der Waals surface area contributed by atoms with Gasteiger partial charge in [-0.2, -0.15) is 0 Å². The highest BCUT2D eigenvalue weighted by atomic mass is 16.4. The van der Waals surface area contributed by atoms with Crippen LogP contribution in [0.1, 0.15) is 50.2 Å². The number of aliphatic carboxylic acids is 1. The highest BCUT2D eigenvalue weighted by Gasteiger charge is 2.22. The molecule has 0 saturated heterocycles. The lowest BCUT2D eigenvalue weighted by Crippen LogP contribution is -2.42. The lowest BCUT2D eigenvalue weighted by atomic mass is 10.0. The molecule has 0 unspecified atom stereocenters. The van der Waals surface area contributed by atoms with Crippen LogP contribution in [-0.4, -0.2) is 28.0 Å². The van der Waals surface area contributed by atoms with Gasteiger partial charge in [-0.05, 0) is 30.7 Å². The third-order valence-corrected chi connectivity index (χ3v) is 3.10. The lowest BCUT2D eigenvalue weighted by molar-refractivity contribution is -0.139. The van der Waals surface area contributed by atoms with Gasteiger partial charge in [-0.3, -0.25) is 9.59 Å². The van der Waals surface area contributed by atoms with Gasteiger partial charge in [0.25, 0.3) is 5.91 Å². The van der Waals surface area contributed by atoms with E-state index >= 15 is 0 Å².